The van der Waals surface area contributed by atoms with Crippen molar-refractivity contribution in [2.24, 2.45) is 5.92 Å². The third-order valence-electron chi connectivity index (χ3n) is 4.06. The molecule has 0 bridgehead atoms. The second kappa shape index (κ2) is 11.8. The second-order valence-corrected chi connectivity index (χ2v) is 6.72. The molecule has 1 aromatic carbocycles. The van der Waals surface area contributed by atoms with Crippen LogP contribution in [0.2, 0.25) is 0 Å². The molecule has 1 N–H and O–H groups in total. The molecular weight excluding hydrogens is 304 g/mol. The Balaban J connectivity index is 2.08. The van der Waals surface area contributed by atoms with Gasteiger partial charge in [0.15, 0.2) is 11.5 Å². The number of esters is 1. The van der Waals surface area contributed by atoms with Gasteiger partial charge in [0.05, 0.1) is 7.11 Å². The van der Waals surface area contributed by atoms with Crippen molar-refractivity contribution in [1.29, 1.82) is 0 Å². The van der Waals surface area contributed by atoms with Crippen LogP contribution in [0.25, 0.3) is 0 Å². The zero-order valence-electron chi connectivity index (χ0n) is 15.3. The SMILES string of the molecule is COc1cc(COC(=O)CCCCCCCCC(C)C)ccc1O. The Morgan fingerprint density at radius 1 is 1.08 bits per heavy atom. The summed E-state index contributed by atoms with van der Waals surface area (Å²) in [6.07, 6.45) is 8.83. The van der Waals surface area contributed by atoms with Crippen LogP contribution in [-0.2, 0) is 16.1 Å². The number of hydrogen-bond donors (Lipinski definition) is 1. The summed E-state index contributed by atoms with van der Waals surface area (Å²) in [4.78, 5) is 11.7. The van der Waals surface area contributed by atoms with Crippen LogP contribution in [0.1, 0.15) is 70.8 Å². The van der Waals surface area contributed by atoms with Crippen LogP contribution in [0, 0.1) is 5.92 Å². The molecule has 0 heterocycles. The van der Waals surface area contributed by atoms with E-state index in [1.165, 1.54) is 39.2 Å². The molecule has 4 nitrogen and oxygen atoms in total. The normalized spacial score (nSPS) is 10.8. The highest BCUT2D eigenvalue weighted by atomic mass is 16.5. The van der Waals surface area contributed by atoms with Crippen molar-refractivity contribution < 1.29 is 19.4 Å². The molecule has 0 aliphatic rings. The Labute approximate surface area is 146 Å². The van der Waals surface area contributed by atoms with Gasteiger partial charge in [0.2, 0.25) is 0 Å². The van der Waals surface area contributed by atoms with E-state index >= 15 is 0 Å². The smallest absolute Gasteiger partial charge is 0.306 e. The Morgan fingerprint density at radius 2 is 1.75 bits per heavy atom. The number of unbranched alkanes of at least 4 members (excludes halogenated alkanes) is 5. The topological polar surface area (TPSA) is 55.8 Å². The molecule has 0 atom stereocenters. The maximum absolute atomic E-state index is 11.7. The van der Waals surface area contributed by atoms with E-state index in [0.29, 0.717) is 12.2 Å². The highest BCUT2D eigenvalue weighted by Crippen LogP contribution is 2.26. The van der Waals surface area contributed by atoms with Gasteiger partial charge in [0.1, 0.15) is 6.61 Å². The summed E-state index contributed by atoms with van der Waals surface area (Å²) in [5, 5.41) is 9.53. The summed E-state index contributed by atoms with van der Waals surface area (Å²) in [5.41, 5.74) is 0.808. The number of rotatable bonds is 12. The van der Waals surface area contributed by atoms with Crippen LogP contribution < -0.4 is 4.74 Å². The van der Waals surface area contributed by atoms with Crippen LogP contribution in [0.3, 0.4) is 0 Å². The van der Waals surface area contributed by atoms with Gasteiger partial charge in [-0.25, -0.2) is 0 Å². The number of phenolic OH excluding ortho intramolecular Hbond substituents is 1. The van der Waals surface area contributed by atoms with Crippen molar-refractivity contribution in [1.82, 2.24) is 0 Å². The summed E-state index contributed by atoms with van der Waals surface area (Å²) < 4.78 is 10.3. The first-order valence-electron chi connectivity index (χ1n) is 9.04. The predicted molar refractivity (Wildman–Crippen MR) is 96.2 cm³/mol. The molecule has 1 rings (SSSR count). The van der Waals surface area contributed by atoms with Crippen molar-refractivity contribution in [3.63, 3.8) is 0 Å². The Bertz CT molecular complexity index is 483. The van der Waals surface area contributed by atoms with Gasteiger partial charge < -0.3 is 14.6 Å². The van der Waals surface area contributed by atoms with E-state index < -0.39 is 0 Å². The van der Waals surface area contributed by atoms with Crippen molar-refractivity contribution >= 4 is 5.97 Å². The average Bonchev–Trinajstić information content (AvgIpc) is 2.56. The van der Waals surface area contributed by atoms with Crippen LogP contribution >= 0.6 is 0 Å². The first-order valence-corrected chi connectivity index (χ1v) is 9.04. The van der Waals surface area contributed by atoms with Gasteiger partial charge in [0, 0.05) is 6.42 Å². The van der Waals surface area contributed by atoms with Crippen LogP contribution in [-0.4, -0.2) is 18.2 Å². The minimum absolute atomic E-state index is 0.0842. The number of phenols is 1. The molecule has 24 heavy (non-hydrogen) atoms. The maximum Gasteiger partial charge on any atom is 0.306 e. The van der Waals surface area contributed by atoms with Crippen LogP contribution in [0.15, 0.2) is 18.2 Å². The first-order chi connectivity index (χ1) is 11.5. The van der Waals surface area contributed by atoms with Gasteiger partial charge in [0.25, 0.3) is 0 Å². The summed E-state index contributed by atoms with van der Waals surface area (Å²) in [7, 11) is 1.49. The molecule has 0 saturated heterocycles. The third-order valence-corrected chi connectivity index (χ3v) is 4.06. The molecular formula is C20H32O4. The van der Waals surface area contributed by atoms with Crippen molar-refractivity contribution in [2.45, 2.75) is 71.8 Å². The van der Waals surface area contributed by atoms with E-state index in [9.17, 15) is 9.90 Å². The number of carbonyl (C=O) groups excluding carboxylic acids is 1. The molecule has 4 heteroatoms. The lowest BCUT2D eigenvalue weighted by atomic mass is 10.0. The van der Waals surface area contributed by atoms with E-state index in [2.05, 4.69) is 13.8 Å². The van der Waals surface area contributed by atoms with Gasteiger partial charge in [-0.15, -0.1) is 0 Å². The first kappa shape index (κ1) is 20.3. The second-order valence-electron chi connectivity index (χ2n) is 6.72. The van der Waals surface area contributed by atoms with E-state index in [4.69, 9.17) is 9.47 Å². The number of aromatic hydroxyl groups is 1. The summed E-state index contributed by atoms with van der Waals surface area (Å²) >= 11 is 0. The molecule has 0 saturated carbocycles. The molecule has 0 unspecified atom stereocenters. The highest BCUT2D eigenvalue weighted by Gasteiger charge is 2.06. The van der Waals surface area contributed by atoms with Gasteiger partial charge >= 0.3 is 5.97 Å². The molecule has 136 valence electrons. The standard InChI is InChI=1S/C20H32O4/c1-16(2)10-8-6-4-5-7-9-11-20(22)24-15-17-12-13-18(21)19(14-17)23-3/h12-14,16,21H,4-11,15H2,1-3H3. The lowest BCUT2D eigenvalue weighted by Gasteiger charge is -2.08. The minimum Gasteiger partial charge on any atom is -0.504 e. The van der Waals surface area contributed by atoms with Gasteiger partial charge in [-0.3, -0.25) is 4.79 Å². The number of methoxy groups -OCH3 is 1. The zero-order valence-corrected chi connectivity index (χ0v) is 15.3. The van der Waals surface area contributed by atoms with Crippen LogP contribution in [0.5, 0.6) is 11.5 Å². The largest absolute Gasteiger partial charge is 0.504 e. The van der Waals surface area contributed by atoms with Crippen molar-refractivity contribution in [3.05, 3.63) is 23.8 Å². The molecule has 0 aromatic heterocycles. The average molecular weight is 336 g/mol. The lowest BCUT2D eigenvalue weighted by molar-refractivity contribution is -0.145. The van der Waals surface area contributed by atoms with E-state index in [1.54, 1.807) is 18.2 Å². The fraction of sp³-hybridized carbons (Fsp3) is 0.650. The number of benzene rings is 1. The highest BCUT2D eigenvalue weighted by molar-refractivity contribution is 5.69. The Hall–Kier alpha value is -1.71. The van der Waals surface area contributed by atoms with E-state index in [1.807, 2.05) is 0 Å². The molecule has 0 aliphatic carbocycles. The molecule has 0 aliphatic heterocycles. The van der Waals surface area contributed by atoms with Gasteiger partial charge in [-0.1, -0.05) is 58.4 Å². The fourth-order valence-corrected chi connectivity index (χ4v) is 2.58. The summed E-state index contributed by atoms with van der Waals surface area (Å²) in [5.74, 6) is 1.11. The minimum atomic E-state index is -0.165. The van der Waals surface area contributed by atoms with E-state index in [0.717, 1.165) is 24.3 Å². The molecule has 0 radical (unpaired) electrons. The summed E-state index contributed by atoms with van der Waals surface area (Å²) in [6.45, 7) is 4.74. The molecule has 0 fully saturated rings. The number of carbonyl (C=O) groups is 1. The quantitative estimate of drug-likeness (QED) is 0.420. The third kappa shape index (κ3) is 8.80. The number of ether oxygens (including phenoxy) is 2. The fourth-order valence-electron chi connectivity index (χ4n) is 2.58. The zero-order chi connectivity index (χ0) is 17.8. The monoisotopic (exact) mass is 336 g/mol. The van der Waals surface area contributed by atoms with Gasteiger partial charge in [-0.05, 0) is 30.0 Å². The lowest BCUT2D eigenvalue weighted by Crippen LogP contribution is -2.04. The van der Waals surface area contributed by atoms with Gasteiger partial charge in [-0.2, -0.15) is 0 Å². The molecule has 1 aromatic rings. The summed E-state index contributed by atoms with van der Waals surface area (Å²) in [6, 6.07) is 4.95. The van der Waals surface area contributed by atoms with Crippen LogP contribution in [0.4, 0.5) is 0 Å². The number of hydrogen-bond acceptors (Lipinski definition) is 4. The Kier molecular flexibility index (Phi) is 9.97. The Morgan fingerprint density at radius 3 is 2.42 bits per heavy atom. The van der Waals surface area contributed by atoms with Crippen molar-refractivity contribution in [2.75, 3.05) is 7.11 Å². The molecule has 0 amide bonds. The van der Waals surface area contributed by atoms with Crippen molar-refractivity contribution in [3.8, 4) is 11.5 Å². The predicted octanol–water partition coefficient (Wildman–Crippen LogP) is 5.22. The van der Waals surface area contributed by atoms with E-state index in [-0.39, 0.29) is 18.3 Å². The molecule has 0 spiro atoms. The maximum atomic E-state index is 11.7.